The van der Waals surface area contributed by atoms with Crippen molar-refractivity contribution in [1.29, 1.82) is 0 Å². The summed E-state index contributed by atoms with van der Waals surface area (Å²) in [7, 11) is 0. The molecule has 0 aliphatic rings. The quantitative estimate of drug-likeness (QED) is 0.0809. The van der Waals surface area contributed by atoms with Gasteiger partial charge >= 0.3 is 11.9 Å². The average molecular weight is 540 g/mol. The minimum Gasteiger partial charge on any atom is -0.504 e. The van der Waals surface area contributed by atoms with Gasteiger partial charge in [0.25, 0.3) is 6.47 Å². The Balaban J connectivity index is 1.86. The number of carboxylic acid groups (broad SMARTS) is 1. The normalized spacial score (nSPS) is 12.5. The first-order valence-corrected chi connectivity index (χ1v) is 11.3. The molecule has 0 aliphatic carbocycles. The maximum absolute atomic E-state index is 12.4. The fourth-order valence-electron chi connectivity index (χ4n) is 3.72. The smallest absolute Gasteiger partial charge is 0.345 e. The van der Waals surface area contributed by atoms with Crippen LogP contribution in [0.4, 0.5) is 0 Å². The van der Waals surface area contributed by atoms with Crippen molar-refractivity contribution in [3.05, 3.63) is 76.9 Å². The molecule has 0 saturated heterocycles. The number of phenolic OH excluding ortho intramolecular Hbond substituents is 6. The molecule has 0 heterocycles. The number of aliphatic carboxylic acids is 1. The van der Waals surface area contributed by atoms with E-state index in [0.717, 1.165) is 30.4 Å². The minimum absolute atomic E-state index is 0.104. The van der Waals surface area contributed by atoms with Crippen molar-refractivity contribution in [3.63, 3.8) is 0 Å². The lowest BCUT2D eigenvalue weighted by Crippen LogP contribution is -2.28. The summed E-state index contributed by atoms with van der Waals surface area (Å²) in [5.74, 6) is -5.46. The van der Waals surface area contributed by atoms with Crippen molar-refractivity contribution in [1.82, 2.24) is 0 Å². The fourth-order valence-corrected chi connectivity index (χ4v) is 3.72. The monoisotopic (exact) mass is 540 g/mol. The molecule has 2 unspecified atom stereocenters. The predicted molar refractivity (Wildman–Crippen MR) is 133 cm³/mol. The van der Waals surface area contributed by atoms with Gasteiger partial charge in [-0.3, -0.25) is 4.79 Å². The van der Waals surface area contributed by atoms with E-state index in [9.17, 15) is 50.1 Å². The van der Waals surface area contributed by atoms with Gasteiger partial charge < -0.3 is 45.2 Å². The molecule has 2 atom stereocenters. The second-order valence-corrected chi connectivity index (χ2v) is 8.31. The van der Waals surface area contributed by atoms with Crippen molar-refractivity contribution >= 4 is 24.5 Å². The Labute approximate surface area is 220 Å². The van der Waals surface area contributed by atoms with Gasteiger partial charge in [0.05, 0.1) is 0 Å². The van der Waals surface area contributed by atoms with Crippen LogP contribution in [0.3, 0.4) is 0 Å². The zero-order chi connectivity index (χ0) is 28.7. The lowest BCUT2D eigenvalue weighted by molar-refractivity contribution is -0.160. The van der Waals surface area contributed by atoms with E-state index in [-0.39, 0.29) is 41.8 Å². The number of phenols is 6. The summed E-state index contributed by atoms with van der Waals surface area (Å²) in [6, 6.07) is 9.90. The highest BCUT2D eigenvalue weighted by Crippen LogP contribution is 2.39. The Morgan fingerprint density at radius 3 is 1.87 bits per heavy atom. The highest BCUT2D eigenvalue weighted by Gasteiger charge is 2.25. The second-order valence-electron chi connectivity index (χ2n) is 8.31. The Morgan fingerprint density at radius 1 is 0.769 bits per heavy atom. The summed E-state index contributed by atoms with van der Waals surface area (Å²) in [4.78, 5) is 35.3. The van der Waals surface area contributed by atoms with E-state index in [1.807, 2.05) is 0 Å². The number of hydrogen-bond donors (Lipinski definition) is 7. The number of benzene rings is 3. The Hall–Kier alpha value is -5.39. The number of hydrogen-bond acceptors (Lipinski definition) is 11. The van der Waals surface area contributed by atoms with Crippen molar-refractivity contribution in [3.8, 4) is 34.5 Å². The van der Waals surface area contributed by atoms with Crippen molar-refractivity contribution in [2.45, 2.75) is 25.0 Å². The Morgan fingerprint density at radius 2 is 1.33 bits per heavy atom. The van der Waals surface area contributed by atoms with E-state index in [1.54, 1.807) is 0 Å². The molecule has 0 spiro atoms. The van der Waals surface area contributed by atoms with E-state index < -0.39 is 52.9 Å². The first-order valence-electron chi connectivity index (χ1n) is 11.3. The lowest BCUT2D eigenvalue weighted by atomic mass is 9.95. The van der Waals surface area contributed by atoms with Gasteiger partial charge in [0, 0.05) is 24.5 Å². The van der Waals surface area contributed by atoms with Crippen LogP contribution < -0.4 is 0 Å². The topological polar surface area (TPSA) is 211 Å². The van der Waals surface area contributed by atoms with Crippen LogP contribution >= 0.6 is 0 Å². The molecule has 7 N–H and O–H groups in total. The highest BCUT2D eigenvalue weighted by molar-refractivity contribution is 5.89. The highest BCUT2D eigenvalue weighted by atomic mass is 16.6. The number of carbonyl (C=O) groups excluding carboxylic acids is 2. The molecule has 0 saturated carbocycles. The summed E-state index contributed by atoms with van der Waals surface area (Å²) < 4.78 is 10.1. The third-order valence-corrected chi connectivity index (χ3v) is 5.63. The lowest BCUT2D eigenvalue weighted by Gasteiger charge is -2.20. The summed E-state index contributed by atoms with van der Waals surface area (Å²) >= 11 is 0. The molecule has 0 amide bonds. The molecular formula is C27H24O12. The first kappa shape index (κ1) is 28.2. The molecule has 0 radical (unpaired) electrons. The van der Waals surface area contributed by atoms with Gasteiger partial charge in [-0.05, 0) is 53.1 Å². The minimum atomic E-state index is -1.65. The van der Waals surface area contributed by atoms with Crippen LogP contribution in [0.1, 0.15) is 28.4 Å². The van der Waals surface area contributed by atoms with E-state index in [0.29, 0.717) is 5.56 Å². The van der Waals surface area contributed by atoms with E-state index in [1.165, 1.54) is 30.3 Å². The van der Waals surface area contributed by atoms with Gasteiger partial charge in [0.2, 0.25) is 6.10 Å². The summed E-state index contributed by atoms with van der Waals surface area (Å²) in [5.41, 5.74) is 0.661. The van der Waals surface area contributed by atoms with Crippen LogP contribution in [0, 0.1) is 0 Å². The molecule has 204 valence electrons. The van der Waals surface area contributed by atoms with Crippen LogP contribution in [-0.4, -0.2) is 60.3 Å². The number of ether oxygens (including phenoxy) is 2. The van der Waals surface area contributed by atoms with Crippen LogP contribution in [0.2, 0.25) is 0 Å². The summed E-state index contributed by atoms with van der Waals surface area (Å²) in [5, 5.41) is 68.3. The van der Waals surface area contributed by atoms with Gasteiger partial charge in [-0.15, -0.1) is 0 Å². The van der Waals surface area contributed by atoms with E-state index in [4.69, 9.17) is 9.47 Å². The second kappa shape index (κ2) is 12.2. The average Bonchev–Trinajstić information content (AvgIpc) is 2.88. The molecule has 39 heavy (non-hydrogen) atoms. The molecule has 12 nitrogen and oxygen atoms in total. The third-order valence-electron chi connectivity index (χ3n) is 5.63. The van der Waals surface area contributed by atoms with Gasteiger partial charge in [0.1, 0.15) is 6.10 Å². The number of carbonyl (C=O) groups is 3. The zero-order valence-corrected chi connectivity index (χ0v) is 20.1. The first-order chi connectivity index (χ1) is 18.5. The van der Waals surface area contributed by atoms with Crippen LogP contribution in [0.5, 0.6) is 34.5 Å². The maximum Gasteiger partial charge on any atom is 0.345 e. The summed E-state index contributed by atoms with van der Waals surface area (Å²) in [6.07, 6.45) is -1.28. The van der Waals surface area contributed by atoms with Crippen LogP contribution in [-0.2, 0) is 36.7 Å². The number of aromatic hydroxyl groups is 6. The SMILES string of the molecule is O=COC(Cc1ccc(O)c(O)c1)c1c(C=CC(=O)OC(Cc2ccc(O)c(O)c2)C(=O)O)ccc(O)c1O. The Bertz CT molecular complexity index is 1410. The van der Waals surface area contributed by atoms with Crippen LogP contribution in [0.15, 0.2) is 54.6 Å². The van der Waals surface area contributed by atoms with E-state index in [2.05, 4.69) is 0 Å². The zero-order valence-electron chi connectivity index (χ0n) is 20.1. The summed E-state index contributed by atoms with van der Waals surface area (Å²) in [6.45, 7) is 0.106. The molecule has 3 aromatic rings. The molecule has 0 aromatic heterocycles. The molecule has 3 aromatic carbocycles. The standard InChI is InChI=1S/C27H24O12/c28-13-38-22(11-14-1-5-17(29)20(32)9-14)25-16(3-7-19(31)26(25)35)4-8-24(34)39-23(27(36)37)12-15-2-6-18(30)21(33)10-15/h1-10,13,22-23,29-33,35H,11-12H2,(H,36,37). The third kappa shape index (κ3) is 7.10. The van der Waals surface area contributed by atoms with Crippen LogP contribution in [0.25, 0.3) is 6.08 Å². The largest absolute Gasteiger partial charge is 0.504 e. The number of esters is 1. The molecule has 0 fully saturated rings. The maximum atomic E-state index is 12.4. The molecular weight excluding hydrogens is 516 g/mol. The van der Waals surface area contributed by atoms with Gasteiger partial charge in [-0.2, -0.15) is 0 Å². The van der Waals surface area contributed by atoms with Crippen molar-refractivity contribution < 1.29 is 59.6 Å². The van der Waals surface area contributed by atoms with Crippen molar-refractivity contribution in [2.24, 2.45) is 0 Å². The Kier molecular flexibility index (Phi) is 8.84. The van der Waals surface area contributed by atoms with Gasteiger partial charge in [-0.1, -0.05) is 18.2 Å². The fraction of sp³-hybridized carbons (Fsp3) is 0.148. The van der Waals surface area contributed by atoms with E-state index >= 15 is 0 Å². The molecule has 3 rings (SSSR count). The van der Waals surface area contributed by atoms with Crippen molar-refractivity contribution in [2.75, 3.05) is 0 Å². The number of carboxylic acids is 1. The molecule has 0 bridgehead atoms. The molecule has 12 heteroatoms. The number of rotatable bonds is 11. The molecule has 0 aliphatic heterocycles. The van der Waals surface area contributed by atoms with Gasteiger partial charge in [0.15, 0.2) is 34.5 Å². The van der Waals surface area contributed by atoms with Gasteiger partial charge in [-0.25, -0.2) is 9.59 Å². The predicted octanol–water partition coefficient (Wildman–Crippen LogP) is 2.63.